The van der Waals surface area contributed by atoms with Gasteiger partial charge in [-0.25, -0.2) is 0 Å². The van der Waals surface area contributed by atoms with Gasteiger partial charge in [0.25, 0.3) is 0 Å². The zero-order valence-electron chi connectivity index (χ0n) is 8.18. The van der Waals surface area contributed by atoms with Crippen LogP contribution in [0, 0.1) is 0 Å². The van der Waals surface area contributed by atoms with E-state index in [1.165, 1.54) is 0 Å². The minimum atomic E-state index is 0.490. The second-order valence-electron chi connectivity index (χ2n) is 3.21. The summed E-state index contributed by atoms with van der Waals surface area (Å²) >= 11 is 18.0. The summed E-state index contributed by atoms with van der Waals surface area (Å²) in [7, 11) is 0. The predicted molar refractivity (Wildman–Crippen MR) is 71.2 cm³/mol. The molecular weight excluding hydrogens is 264 g/mol. The van der Waals surface area contributed by atoms with E-state index < -0.39 is 0 Å². The number of hydrogen-bond acceptors (Lipinski definition) is 1. The van der Waals surface area contributed by atoms with Gasteiger partial charge in [-0.3, -0.25) is 0 Å². The van der Waals surface area contributed by atoms with Crippen LogP contribution in [0.3, 0.4) is 0 Å². The second-order valence-corrected chi connectivity index (χ2v) is 4.40. The van der Waals surface area contributed by atoms with E-state index in [4.69, 9.17) is 34.8 Å². The summed E-state index contributed by atoms with van der Waals surface area (Å²) in [6.07, 6.45) is 0. The Morgan fingerprint density at radius 1 is 0.688 bits per heavy atom. The number of para-hydroxylation sites is 1. The molecule has 0 amide bonds. The Hall–Kier alpha value is -0.890. The van der Waals surface area contributed by atoms with E-state index in [1.807, 2.05) is 36.4 Å². The first kappa shape index (κ1) is 11.6. The molecule has 0 aromatic heterocycles. The van der Waals surface area contributed by atoms with Crippen LogP contribution in [0.5, 0.6) is 0 Å². The van der Waals surface area contributed by atoms with E-state index in [-0.39, 0.29) is 0 Å². The first-order valence-corrected chi connectivity index (χ1v) is 5.77. The first-order chi connectivity index (χ1) is 7.68. The van der Waals surface area contributed by atoms with Gasteiger partial charge in [-0.15, -0.1) is 0 Å². The van der Waals surface area contributed by atoms with Crippen LogP contribution in [0.25, 0.3) is 0 Å². The molecule has 82 valence electrons. The summed E-state index contributed by atoms with van der Waals surface area (Å²) in [6.45, 7) is 0. The van der Waals surface area contributed by atoms with Crippen molar-refractivity contribution in [3.63, 3.8) is 0 Å². The quantitative estimate of drug-likeness (QED) is 0.773. The van der Waals surface area contributed by atoms with Crippen molar-refractivity contribution in [3.8, 4) is 0 Å². The summed E-state index contributed by atoms with van der Waals surface area (Å²) < 4.78 is 0. The van der Waals surface area contributed by atoms with Crippen molar-refractivity contribution in [2.24, 2.45) is 0 Å². The number of rotatable bonds is 2. The van der Waals surface area contributed by atoms with E-state index in [0.29, 0.717) is 15.1 Å². The van der Waals surface area contributed by atoms with Gasteiger partial charge in [0.05, 0.1) is 26.4 Å². The Balaban J connectivity index is 2.35. The van der Waals surface area contributed by atoms with Gasteiger partial charge in [0.15, 0.2) is 0 Å². The summed E-state index contributed by atoms with van der Waals surface area (Å²) in [5.74, 6) is 0. The minimum Gasteiger partial charge on any atom is -0.353 e. The highest BCUT2D eigenvalue weighted by Crippen LogP contribution is 2.33. The van der Waals surface area contributed by atoms with Gasteiger partial charge in [-0.1, -0.05) is 53.0 Å². The van der Waals surface area contributed by atoms with E-state index in [0.717, 1.165) is 11.4 Å². The van der Waals surface area contributed by atoms with Crippen molar-refractivity contribution < 1.29 is 0 Å². The Labute approximate surface area is 109 Å². The summed E-state index contributed by atoms with van der Waals surface area (Å²) in [5.41, 5.74) is 1.54. The Morgan fingerprint density at radius 2 is 1.31 bits per heavy atom. The molecule has 2 rings (SSSR count). The Bertz CT molecular complexity index is 511. The molecule has 0 aliphatic carbocycles. The topological polar surface area (TPSA) is 12.0 Å². The van der Waals surface area contributed by atoms with Gasteiger partial charge in [0.2, 0.25) is 0 Å². The van der Waals surface area contributed by atoms with Gasteiger partial charge in [-0.2, -0.15) is 0 Å². The number of benzene rings is 2. The highest BCUT2D eigenvalue weighted by atomic mass is 35.5. The maximum Gasteiger partial charge on any atom is 0.0827 e. The molecule has 1 nitrogen and oxygen atoms in total. The first-order valence-electron chi connectivity index (χ1n) is 4.64. The van der Waals surface area contributed by atoms with Gasteiger partial charge < -0.3 is 5.32 Å². The molecule has 4 heteroatoms. The Kier molecular flexibility index (Phi) is 3.59. The third-order valence-corrected chi connectivity index (χ3v) is 3.24. The van der Waals surface area contributed by atoms with Crippen molar-refractivity contribution in [3.05, 3.63) is 57.5 Å². The molecule has 0 saturated carbocycles. The summed E-state index contributed by atoms with van der Waals surface area (Å²) in [5, 5.41) is 4.77. The minimum absolute atomic E-state index is 0.490. The summed E-state index contributed by atoms with van der Waals surface area (Å²) in [6, 6.07) is 12.9. The molecule has 0 fully saturated rings. The van der Waals surface area contributed by atoms with Gasteiger partial charge in [0.1, 0.15) is 0 Å². The van der Waals surface area contributed by atoms with Crippen LogP contribution in [-0.4, -0.2) is 0 Å². The maximum absolute atomic E-state index is 6.06. The molecule has 1 N–H and O–H groups in total. The standard InChI is InChI=1S/C12H8Cl3N/c13-8-4-1-2-6-10(8)16-11-7-3-5-9(14)12(11)15/h1-7,16H. The van der Waals surface area contributed by atoms with Crippen LogP contribution >= 0.6 is 34.8 Å². The highest BCUT2D eigenvalue weighted by Gasteiger charge is 2.05. The normalized spacial score (nSPS) is 10.2. The largest absolute Gasteiger partial charge is 0.353 e. The number of nitrogens with one attached hydrogen (secondary N) is 1. The van der Waals surface area contributed by atoms with Crippen LogP contribution < -0.4 is 5.32 Å². The number of halogens is 3. The number of hydrogen-bond donors (Lipinski definition) is 1. The van der Waals surface area contributed by atoms with Crippen LogP contribution in [0.1, 0.15) is 0 Å². The van der Waals surface area contributed by atoms with E-state index in [1.54, 1.807) is 6.07 Å². The van der Waals surface area contributed by atoms with Crippen molar-refractivity contribution in [2.45, 2.75) is 0 Å². The molecule has 0 spiro atoms. The van der Waals surface area contributed by atoms with Crippen molar-refractivity contribution in [2.75, 3.05) is 5.32 Å². The molecule has 0 saturated heterocycles. The lowest BCUT2D eigenvalue weighted by Crippen LogP contribution is -1.91. The average molecular weight is 273 g/mol. The Morgan fingerprint density at radius 3 is 2.06 bits per heavy atom. The van der Waals surface area contributed by atoms with Crippen LogP contribution in [0.2, 0.25) is 15.1 Å². The second kappa shape index (κ2) is 4.96. The molecule has 2 aromatic carbocycles. The van der Waals surface area contributed by atoms with Crippen molar-refractivity contribution >= 4 is 46.2 Å². The highest BCUT2D eigenvalue weighted by molar-refractivity contribution is 6.43. The maximum atomic E-state index is 6.06. The van der Waals surface area contributed by atoms with E-state index in [2.05, 4.69) is 5.32 Å². The monoisotopic (exact) mass is 271 g/mol. The lowest BCUT2D eigenvalue weighted by Gasteiger charge is -2.10. The van der Waals surface area contributed by atoms with Crippen LogP contribution in [0.15, 0.2) is 42.5 Å². The zero-order chi connectivity index (χ0) is 11.5. The molecule has 0 radical (unpaired) electrons. The third kappa shape index (κ3) is 2.43. The van der Waals surface area contributed by atoms with Crippen molar-refractivity contribution in [1.82, 2.24) is 0 Å². The molecule has 0 atom stereocenters. The van der Waals surface area contributed by atoms with Crippen LogP contribution in [0.4, 0.5) is 11.4 Å². The van der Waals surface area contributed by atoms with Gasteiger partial charge >= 0.3 is 0 Å². The molecule has 0 heterocycles. The van der Waals surface area contributed by atoms with Crippen molar-refractivity contribution in [1.29, 1.82) is 0 Å². The predicted octanol–water partition coefficient (Wildman–Crippen LogP) is 5.39. The zero-order valence-corrected chi connectivity index (χ0v) is 10.4. The smallest absolute Gasteiger partial charge is 0.0827 e. The fourth-order valence-electron chi connectivity index (χ4n) is 1.31. The van der Waals surface area contributed by atoms with Gasteiger partial charge in [-0.05, 0) is 24.3 Å². The summed E-state index contributed by atoms with van der Waals surface area (Å²) in [4.78, 5) is 0. The molecule has 0 unspecified atom stereocenters. The fraction of sp³-hybridized carbons (Fsp3) is 0. The molecular formula is C12H8Cl3N. The SMILES string of the molecule is Clc1ccccc1Nc1cccc(Cl)c1Cl. The molecule has 0 bridgehead atoms. The molecule has 2 aromatic rings. The lowest BCUT2D eigenvalue weighted by molar-refractivity contribution is 1.55. The third-order valence-electron chi connectivity index (χ3n) is 2.09. The van der Waals surface area contributed by atoms with Crippen LogP contribution in [-0.2, 0) is 0 Å². The van der Waals surface area contributed by atoms with Gasteiger partial charge in [0, 0.05) is 0 Å². The molecule has 16 heavy (non-hydrogen) atoms. The van der Waals surface area contributed by atoms with E-state index in [9.17, 15) is 0 Å². The fourth-order valence-corrected chi connectivity index (χ4v) is 1.84. The van der Waals surface area contributed by atoms with E-state index >= 15 is 0 Å². The number of anilines is 2. The molecule has 0 aliphatic heterocycles. The average Bonchev–Trinajstić information content (AvgIpc) is 2.28. The lowest BCUT2D eigenvalue weighted by atomic mass is 10.2. The molecule has 0 aliphatic rings.